The van der Waals surface area contributed by atoms with Crippen molar-refractivity contribution in [3.8, 4) is 0 Å². The van der Waals surface area contributed by atoms with Gasteiger partial charge in [-0.3, -0.25) is 0 Å². The average molecular weight is 238 g/mol. The third-order valence-corrected chi connectivity index (χ3v) is 3.56. The van der Waals surface area contributed by atoms with Crippen LogP contribution in [0, 0.1) is 11.3 Å². The van der Waals surface area contributed by atoms with E-state index in [1.54, 1.807) is 0 Å². The van der Waals surface area contributed by atoms with Crippen LogP contribution in [-0.2, 0) is 4.74 Å². The Morgan fingerprint density at radius 1 is 0.941 bits per heavy atom. The van der Waals surface area contributed by atoms with Gasteiger partial charge in [-0.2, -0.15) is 0 Å². The molecule has 2 atom stereocenters. The van der Waals surface area contributed by atoms with Crippen molar-refractivity contribution in [2.24, 2.45) is 11.3 Å². The van der Waals surface area contributed by atoms with E-state index in [2.05, 4.69) is 53.7 Å². The molecule has 1 rings (SSSR count). The molecule has 0 aromatic carbocycles. The number of rotatable bonds is 1. The molecule has 17 heavy (non-hydrogen) atoms. The van der Waals surface area contributed by atoms with Gasteiger partial charge in [0.25, 0.3) is 0 Å². The van der Waals surface area contributed by atoms with Crippen LogP contribution in [0.25, 0.3) is 0 Å². The molecule has 0 amide bonds. The Bertz CT molecular complexity index is 252. The van der Waals surface area contributed by atoms with Crippen LogP contribution < -0.4 is 0 Å². The summed E-state index contributed by atoms with van der Waals surface area (Å²) in [5, 5.41) is 0. The molecule has 0 aromatic rings. The largest absolute Gasteiger partial charge is 0.369 e. The highest BCUT2D eigenvalue weighted by atomic mass is 16.5. The van der Waals surface area contributed by atoms with Gasteiger partial charge in [-0.1, -0.05) is 32.9 Å². The summed E-state index contributed by atoms with van der Waals surface area (Å²) >= 11 is 0. The topological polar surface area (TPSA) is 9.23 Å². The summed E-state index contributed by atoms with van der Waals surface area (Å²) in [6.45, 7) is 13.5. The molecule has 0 fully saturated rings. The lowest BCUT2D eigenvalue weighted by molar-refractivity contribution is -0.0454. The lowest BCUT2D eigenvalue weighted by Gasteiger charge is -2.34. The average Bonchev–Trinajstić information content (AvgIpc) is 2.05. The Balaban J connectivity index is 2.59. The first-order chi connectivity index (χ1) is 7.68. The quantitative estimate of drug-likeness (QED) is 0.586. The van der Waals surface area contributed by atoms with E-state index < -0.39 is 0 Å². The van der Waals surface area contributed by atoms with Gasteiger partial charge < -0.3 is 4.74 Å². The summed E-state index contributed by atoms with van der Waals surface area (Å²) in [5.41, 5.74) is 0.392. The molecule has 0 N–H and O–H groups in total. The Morgan fingerprint density at radius 2 is 1.59 bits per heavy atom. The van der Waals surface area contributed by atoms with Gasteiger partial charge in [0.1, 0.15) is 0 Å². The normalized spacial score (nSPS) is 29.5. The second-order valence-electron chi connectivity index (χ2n) is 7.41. The van der Waals surface area contributed by atoms with E-state index in [1.807, 2.05) is 0 Å². The van der Waals surface area contributed by atoms with Gasteiger partial charge in [-0.25, -0.2) is 0 Å². The van der Waals surface area contributed by atoms with E-state index in [9.17, 15) is 0 Å². The third-order valence-electron chi connectivity index (χ3n) is 3.56. The van der Waals surface area contributed by atoms with Crippen LogP contribution in [0.15, 0.2) is 12.2 Å². The number of ether oxygens (including phenoxy) is 1. The van der Waals surface area contributed by atoms with Crippen LogP contribution >= 0.6 is 0 Å². The molecule has 2 unspecified atom stereocenters. The van der Waals surface area contributed by atoms with Gasteiger partial charge in [0.05, 0.1) is 11.7 Å². The molecule has 1 heteroatoms. The van der Waals surface area contributed by atoms with E-state index in [-0.39, 0.29) is 5.60 Å². The fourth-order valence-corrected chi connectivity index (χ4v) is 2.57. The molecule has 0 aromatic heterocycles. The molecule has 0 bridgehead atoms. The zero-order valence-corrected chi connectivity index (χ0v) is 12.5. The predicted octanol–water partition coefficient (Wildman–Crippen LogP) is 4.96. The molecule has 1 aliphatic carbocycles. The SMILES string of the molecule is CC(C)(C)OC1/C=C/CCC(C(C)(C)C)CC1. The number of hydrogen-bond acceptors (Lipinski definition) is 1. The molecule has 0 heterocycles. The summed E-state index contributed by atoms with van der Waals surface area (Å²) in [4.78, 5) is 0. The zero-order chi connectivity index (χ0) is 13.1. The van der Waals surface area contributed by atoms with Crippen molar-refractivity contribution in [2.45, 2.75) is 78.9 Å². The number of hydrogen-bond donors (Lipinski definition) is 0. The Hall–Kier alpha value is -0.300. The molecule has 1 nitrogen and oxygen atoms in total. The lowest BCUT2D eigenvalue weighted by atomic mass is 9.74. The molecule has 0 saturated carbocycles. The van der Waals surface area contributed by atoms with E-state index in [0.29, 0.717) is 11.5 Å². The van der Waals surface area contributed by atoms with Crippen molar-refractivity contribution in [1.29, 1.82) is 0 Å². The van der Waals surface area contributed by atoms with Crippen LogP contribution in [0.1, 0.15) is 67.2 Å². The van der Waals surface area contributed by atoms with E-state index in [0.717, 1.165) is 12.3 Å². The lowest BCUT2D eigenvalue weighted by Crippen LogP contribution is -2.29. The van der Waals surface area contributed by atoms with Crippen molar-refractivity contribution in [1.82, 2.24) is 0 Å². The molecule has 0 aliphatic heterocycles. The maximum absolute atomic E-state index is 6.09. The minimum absolute atomic E-state index is 0.0363. The summed E-state index contributed by atoms with van der Waals surface area (Å²) < 4.78 is 6.09. The molecule has 0 spiro atoms. The highest BCUT2D eigenvalue weighted by Gasteiger charge is 2.26. The fraction of sp³-hybridized carbons (Fsp3) is 0.875. The second kappa shape index (κ2) is 5.56. The molecular formula is C16H30O. The Kier molecular flexibility index (Phi) is 4.83. The molecule has 100 valence electrons. The summed E-state index contributed by atoms with van der Waals surface area (Å²) in [6, 6.07) is 0. The minimum Gasteiger partial charge on any atom is -0.369 e. The monoisotopic (exact) mass is 238 g/mol. The van der Waals surface area contributed by atoms with Gasteiger partial charge in [-0.15, -0.1) is 0 Å². The van der Waals surface area contributed by atoms with Crippen molar-refractivity contribution in [3.63, 3.8) is 0 Å². The summed E-state index contributed by atoms with van der Waals surface area (Å²) in [5.74, 6) is 0.818. The Labute approximate surface area is 108 Å². The predicted molar refractivity (Wildman–Crippen MR) is 75.2 cm³/mol. The number of allylic oxidation sites excluding steroid dienone is 1. The molecule has 0 saturated heterocycles. The van der Waals surface area contributed by atoms with Crippen LogP contribution in [-0.4, -0.2) is 11.7 Å². The van der Waals surface area contributed by atoms with Crippen LogP contribution in [0.3, 0.4) is 0 Å². The fourth-order valence-electron chi connectivity index (χ4n) is 2.57. The molecule has 0 radical (unpaired) electrons. The van der Waals surface area contributed by atoms with Gasteiger partial charge >= 0.3 is 0 Å². The standard InChI is InChI=1S/C16H30O/c1-15(2,3)13-9-7-8-10-14(12-11-13)17-16(4,5)6/h8,10,13-14H,7,9,11-12H2,1-6H3/b10-8+. The van der Waals surface area contributed by atoms with Crippen molar-refractivity contribution in [3.05, 3.63) is 12.2 Å². The van der Waals surface area contributed by atoms with Crippen LogP contribution in [0.2, 0.25) is 0 Å². The first kappa shape index (κ1) is 14.8. The highest BCUT2D eigenvalue weighted by molar-refractivity contribution is 4.94. The maximum atomic E-state index is 6.09. The van der Waals surface area contributed by atoms with Crippen LogP contribution in [0.5, 0.6) is 0 Å². The van der Waals surface area contributed by atoms with Crippen LogP contribution in [0.4, 0.5) is 0 Å². The van der Waals surface area contributed by atoms with E-state index in [4.69, 9.17) is 4.74 Å². The molecule has 1 aliphatic rings. The smallest absolute Gasteiger partial charge is 0.0763 e. The second-order valence-corrected chi connectivity index (χ2v) is 7.41. The zero-order valence-electron chi connectivity index (χ0n) is 12.5. The highest BCUT2D eigenvalue weighted by Crippen LogP contribution is 2.35. The summed E-state index contributed by atoms with van der Waals surface area (Å²) in [7, 11) is 0. The van der Waals surface area contributed by atoms with Gasteiger partial charge in [0.2, 0.25) is 0 Å². The first-order valence-corrected chi connectivity index (χ1v) is 7.03. The van der Waals surface area contributed by atoms with Crippen molar-refractivity contribution >= 4 is 0 Å². The first-order valence-electron chi connectivity index (χ1n) is 7.03. The maximum Gasteiger partial charge on any atom is 0.0763 e. The van der Waals surface area contributed by atoms with Crippen molar-refractivity contribution in [2.75, 3.05) is 0 Å². The van der Waals surface area contributed by atoms with Gasteiger partial charge in [0.15, 0.2) is 0 Å². The van der Waals surface area contributed by atoms with Gasteiger partial charge in [-0.05, 0) is 57.8 Å². The summed E-state index contributed by atoms with van der Waals surface area (Å²) in [6.07, 6.45) is 9.86. The third kappa shape index (κ3) is 5.72. The van der Waals surface area contributed by atoms with Gasteiger partial charge in [0, 0.05) is 0 Å². The minimum atomic E-state index is -0.0363. The molecular weight excluding hydrogens is 208 g/mol. The Morgan fingerprint density at radius 3 is 2.12 bits per heavy atom. The van der Waals surface area contributed by atoms with Crippen molar-refractivity contribution < 1.29 is 4.74 Å². The van der Waals surface area contributed by atoms with E-state index in [1.165, 1.54) is 19.3 Å². The van der Waals surface area contributed by atoms with E-state index >= 15 is 0 Å².